The van der Waals surface area contributed by atoms with E-state index in [1.54, 1.807) is 25.1 Å². The number of nitrogens with zero attached hydrogens (tertiary/aromatic N) is 2. The number of rotatable bonds is 3. The smallest absolute Gasteiger partial charge is 0.285 e. The SMILES string of the molecule is Cc1cccc(C(=O)Nc2cc(Br)cnc2Cl)c1[N+](=O)[O-]. The maximum absolute atomic E-state index is 12.2. The van der Waals surface area contributed by atoms with Crippen LogP contribution in [-0.2, 0) is 0 Å². The molecular formula is C13H9BrClN3O3. The number of amides is 1. The van der Waals surface area contributed by atoms with Gasteiger partial charge in [-0.05, 0) is 35.0 Å². The molecule has 0 unspecified atom stereocenters. The lowest BCUT2D eigenvalue weighted by Crippen LogP contribution is -2.15. The summed E-state index contributed by atoms with van der Waals surface area (Å²) in [6.45, 7) is 1.57. The summed E-state index contributed by atoms with van der Waals surface area (Å²) >= 11 is 9.09. The van der Waals surface area contributed by atoms with Gasteiger partial charge < -0.3 is 5.32 Å². The zero-order chi connectivity index (χ0) is 15.6. The highest BCUT2D eigenvalue weighted by Crippen LogP contribution is 2.27. The van der Waals surface area contributed by atoms with E-state index in [1.165, 1.54) is 12.3 Å². The molecule has 1 N–H and O–H groups in total. The molecule has 2 rings (SSSR count). The maximum atomic E-state index is 12.2. The number of pyridine rings is 1. The van der Waals surface area contributed by atoms with Crippen molar-refractivity contribution in [3.8, 4) is 0 Å². The fourth-order valence-electron chi connectivity index (χ4n) is 1.78. The topological polar surface area (TPSA) is 85.1 Å². The fraction of sp³-hybridized carbons (Fsp3) is 0.0769. The lowest BCUT2D eigenvalue weighted by molar-refractivity contribution is -0.385. The average Bonchev–Trinajstić information content (AvgIpc) is 2.42. The summed E-state index contributed by atoms with van der Waals surface area (Å²) in [5, 5.41) is 13.7. The number of aryl methyl sites for hydroxylation is 1. The molecular weight excluding hydrogens is 362 g/mol. The Kier molecular flexibility index (Phi) is 4.54. The van der Waals surface area contributed by atoms with Crippen LogP contribution in [0.15, 0.2) is 34.9 Å². The van der Waals surface area contributed by atoms with Gasteiger partial charge in [-0.3, -0.25) is 14.9 Å². The van der Waals surface area contributed by atoms with Crippen molar-refractivity contribution in [2.75, 3.05) is 5.32 Å². The summed E-state index contributed by atoms with van der Waals surface area (Å²) in [5.74, 6) is -0.618. The highest BCUT2D eigenvalue weighted by molar-refractivity contribution is 9.10. The summed E-state index contributed by atoms with van der Waals surface area (Å²) in [4.78, 5) is 26.6. The Morgan fingerprint density at radius 1 is 1.48 bits per heavy atom. The van der Waals surface area contributed by atoms with Crippen molar-refractivity contribution in [1.82, 2.24) is 4.98 Å². The summed E-state index contributed by atoms with van der Waals surface area (Å²) < 4.78 is 0.626. The third kappa shape index (κ3) is 3.37. The zero-order valence-electron chi connectivity index (χ0n) is 10.8. The molecule has 0 radical (unpaired) electrons. The number of halogens is 2. The first kappa shape index (κ1) is 15.4. The second kappa shape index (κ2) is 6.19. The third-order valence-corrected chi connectivity index (χ3v) is 3.45. The molecule has 1 aromatic carbocycles. The molecule has 0 saturated carbocycles. The van der Waals surface area contributed by atoms with E-state index >= 15 is 0 Å². The van der Waals surface area contributed by atoms with Crippen LogP contribution in [0.2, 0.25) is 5.15 Å². The van der Waals surface area contributed by atoms with E-state index in [2.05, 4.69) is 26.2 Å². The average molecular weight is 371 g/mol. The fourth-order valence-corrected chi connectivity index (χ4v) is 2.27. The Bertz CT molecular complexity index is 737. The van der Waals surface area contributed by atoms with Crippen molar-refractivity contribution in [3.63, 3.8) is 0 Å². The summed E-state index contributed by atoms with van der Waals surface area (Å²) in [7, 11) is 0. The van der Waals surface area contributed by atoms with Gasteiger partial charge in [-0.15, -0.1) is 0 Å². The third-order valence-electron chi connectivity index (χ3n) is 2.72. The Morgan fingerprint density at radius 3 is 2.86 bits per heavy atom. The van der Waals surface area contributed by atoms with E-state index in [0.29, 0.717) is 10.0 Å². The Labute approximate surface area is 133 Å². The van der Waals surface area contributed by atoms with Gasteiger partial charge in [-0.2, -0.15) is 0 Å². The van der Waals surface area contributed by atoms with Crippen LogP contribution in [0, 0.1) is 17.0 Å². The van der Waals surface area contributed by atoms with E-state index in [4.69, 9.17) is 11.6 Å². The molecule has 108 valence electrons. The minimum absolute atomic E-state index is 0.0314. The van der Waals surface area contributed by atoms with Crippen molar-refractivity contribution in [3.05, 3.63) is 61.3 Å². The molecule has 0 saturated heterocycles. The molecule has 8 heteroatoms. The molecule has 0 aliphatic rings. The molecule has 0 atom stereocenters. The number of para-hydroxylation sites is 1. The van der Waals surface area contributed by atoms with E-state index in [0.717, 1.165) is 0 Å². The first-order chi connectivity index (χ1) is 9.90. The van der Waals surface area contributed by atoms with E-state index in [-0.39, 0.29) is 22.1 Å². The van der Waals surface area contributed by atoms with Crippen LogP contribution < -0.4 is 5.32 Å². The quantitative estimate of drug-likeness (QED) is 0.503. The number of nitrogens with one attached hydrogen (secondary N) is 1. The number of benzene rings is 1. The molecule has 0 aliphatic heterocycles. The Morgan fingerprint density at radius 2 is 2.19 bits per heavy atom. The van der Waals surface area contributed by atoms with Gasteiger partial charge >= 0.3 is 0 Å². The normalized spacial score (nSPS) is 10.2. The molecule has 21 heavy (non-hydrogen) atoms. The van der Waals surface area contributed by atoms with Crippen LogP contribution in [0.1, 0.15) is 15.9 Å². The highest BCUT2D eigenvalue weighted by Gasteiger charge is 2.23. The minimum Gasteiger partial charge on any atom is -0.319 e. The van der Waals surface area contributed by atoms with Crippen LogP contribution in [0.5, 0.6) is 0 Å². The van der Waals surface area contributed by atoms with Crippen molar-refractivity contribution in [2.45, 2.75) is 6.92 Å². The summed E-state index contributed by atoms with van der Waals surface area (Å²) in [6, 6.07) is 6.11. The maximum Gasteiger partial charge on any atom is 0.285 e. The minimum atomic E-state index is -0.618. The number of carbonyl (C=O) groups excluding carboxylic acids is 1. The Hall–Kier alpha value is -1.99. The van der Waals surface area contributed by atoms with E-state index < -0.39 is 10.8 Å². The number of carbonyl (C=O) groups is 1. The van der Waals surface area contributed by atoms with E-state index in [9.17, 15) is 14.9 Å². The van der Waals surface area contributed by atoms with Crippen LogP contribution >= 0.6 is 27.5 Å². The molecule has 1 amide bonds. The second-order valence-electron chi connectivity index (χ2n) is 4.17. The lowest BCUT2D eigenvalue weighted by atomic mass is 10.1. The van der Waals surface area contributed by atoms with Crippen molar-refractivity contribution >= 4 is 44.8 Å². The predicted molar refractivity (Wildman–Crippen MR) is 82.7 cm³/mol. The molecule has 0 aliphatic carbocycles. The molecule has 1 aromatic heterocycles. The van der Waals surface area contributed by atoms with Gasteiger partial charge in [0, 0.05) is 16.2 Å². The van der Waals surface area contributed by atoms with Gasteiger partial charge in [0.25, 0.3) is 11.6 Å². The van der Waals surface area contributed by atoms with Crippen LogP contribution in [0.4, 0.5) is 11.4 Å². The van der Waals surface area contributed by atoms with Gasteiger partial charge in [-0.1, -0.05) is 23.7 Å². The first-order valence-corrected chi connectivity index (χ1v) is 6.93. The first-order valence-electron chi connectivity index (χ1n) is 5.76. The number of nitro benzene ring substituents is 1. The number of hydrogen-bond acceptors (Lipinski definition) is 4. The molecule has 6 nitrogen and oxygen atoms in total. The molecule has 0 bridgehead atoms. The molecule has 0 spiro atoms. The molecule has 0 fully saturated rings. The molecule has 1 heterocycles. The Balaban J connectivity index is 2.40. The van der Waals surface area contributed by atoms with Crippen LogP contribution in [-0.4, -0.2) is 15.8 Å². The molecule has 2 aromatic rings. The van der Waals surface area contributed by atoms with Gasteiger partial charge in [0.05, 0.1) is 10.6 Å². The number of aromatic nitrogens is 1. The number of nitro groups is 1. The predicted octanol–water partition coefficient (Wildman–Crippen LogP) is 3.97. The van der Waals surface area contributed by atoms with Gasteiger partial charge in [0.1, 0.15) is 5.56 Å². The standard InChI is InChI=1S/C13H9BrClN3O3/c1-7-3-2-4-9(11(7)18(20)21)13(19)17-10-5-8(14)6-16-12(10)15/h2-6H,1H3,(H,17,19). The second-order valence-corrected chi connectivity index (χ2v) is 5.45. The lowest BCUT2D eigenvalue weighted by Gasteiger charge is -2.08. The largest absolute Gasteiger partial charge is 0.319 e. The van der Waals surface area contributed by atoms with Crippen LogP contribution in [0.25, 0.3) is 0 Å². The number of hydrogen-bond donors (Lipinski definition) is 1. The van der Waals surface area contributed by atoms with Gasteiger partial charge in [0.2, 0.25) is 0 Å². The van der Waals surface area contributed by atoms with Crippen molar-refractivity contribution < 1.29 is 9.72 Å². The zero-order valence-corrected chi connectivity index (χ0v) is 13.1. The van der Waals surface area contributed by atoms with E-state index in [1.807, 2.05) is 0 Å². The summed E-state index contributed by atoms with van der Waals surface area (Å²) in [6.07, 6.45) is 1.48. The monoisotopic (exact) mass is 369 g/mol. The van der Waals surface area contributed by atoms with Crippen LogP contribution in [0.3, 0.4) is 0 Å². The van der Waals surface area contributed by atoms with Gasteiger partial charge in [-0.25, -0.2) is 4.98 Å². The van der Waals surface area contributed by atoms with Crippen molar-refractivity contribution in [2.24, 2.45) is 0 Å². The number of anilines is 1. The van der Waals surface area contributed by atoms with Gasteiger partial charge in [0.15, 0.2) is 5.15 Å². The summed E-state index contributed by atoms with van der Waals surface area (Å²) in [5.41, 5.74) is 0.420. The van der Waals surface area contributed by atoms with Crippen molar-refractivity contribution in [1.29, 1.82) is 0 Å². The highest BCUT2D eigenvalue weighted by atomic mass is 79.9.